The molecule has 1 nitrogen and oxygen atoms in total. The van der Waals surface area contributed by atoms with Crippen molar-refractivity contribution < 1.29 is 4.79 Å². The van der Waals surface area contributed by atoms with Crippen molar-refractivity contribution in [1.29, 1.82) is 0 Å². The van der Waals surface area contributed by atoms with E-state index in [1.165, 1.54) is 11.3 Å². The Morgan fingerprint density at radius 3 is 2.40 bits per heavy atom. The Balaban J connectivity index is 2.93. The highest BCUT2D eigenvalue weighted by atomic mass is 35.5. The van der Waals surface area contributed by atoms with Crippen LogP contribution in [0.2, 0.25) is 10.0 Å². The molecule has 15 heavy (non-hydrogen) atoms. The fourth-order valence-corrected chi connectivity index (χ4v) is 3.37. The lowest BCUT2D eigenvalue weighted by Crippen LogP contribution is -1.88. The number of hydrogen-bond donors (Lipinski definition) is 0. The van der Waals surface area contributed by atoms with E-state index in [9.17, 15) is 4.79 Å². The van der Waals surface area contributed by atoms with Crippen LogP contribution in [0.1, 0.15) is 22.2 Å². The zero-order valence-electron chi connectivity index (χ0n) is 8.23. The first-order valence-electron chi connectivity index (χ1n) is 4.40. The van der Waals surface area contributed by atoms with Crippen LogP contribution in [-0.2, 0) is 0 Å². The maximum Gasteiger partial charge on any atom is 0.170 e. The van der Waals surface area contributed by atoms with Crippen LogP contribution < -0.4 is 0 Å². The highest BCUT2D eigenvalue weighted by Gasteiger charge is 2.16. The Bertz CT molecular complexity index is 557. The Labute approximate surface area is 102 Å². The summed E-state index contributed by atoms with van der Waals surface area (Å²) in [4.78, 5) is 12.1. The molecule has 0 unspecified atom stereocenters. The Morgan fingerprint density at radius 2 is 1.87 bits per heavy atom. The van der Waals surface area contributed by atoms with Crippen LogP contribution in [0.5, 0.6) is 0 Å². The molecule has 0 aliphatic carbocycles. The number of rotatable bonds is 1. The lowest BCUT2D eigenvalue weighted by Gasteiger charge is -1.97. The third-order valence-electron chi connectivity index (χ3n) is 2.30. The predicted molar refractivity (Wildman–Crippen MR) is 66.6 cm³/mol. The van der Waals surface area contributed by atoms with E-state index in [1.54, 1.807) is 19.1 Å². The van der Waals surface area contributed by atoms with Gasteiger partial charge in [-0.2, -0.15) is 0 Å². The number of thiophene rings is 1. The van der Waals surface area contributed by atoms with E-state index in [-0.39, 0.29) is 5.78 Å². The average Bonchev–Trinajstić information content (AvgIpc) is 2.51. The van der Waals surface area contributed by atoms with Gasteiger partial charge < -0.3 is 0 Å². The van der Waals surface area contributed by atoms with Gasteiger partial charge in [-0.25, -0.2) is 0 Å². The molecule has 0 fully saturated rings. The molecule has 0 saturated heterocycles. The first-order chi connectivity index (χ1) is 7.02. The number of carbonyl (C=O) groups excluding carboxylic acids is 1. The van der Waals surface area contributed by atoms with Crippen molar-refractivity contribution in [2.24, 2.45) is 0 Å². The molecule has 1 aromatic carbocycles. The van der Waals surface area contributed by atoms with Crippen LogP contribution >= 0.6 is 34.5 Å². The summed E-state index contributed by atoms with van der Waals surface area (Å²) < 4.78 is 0.895. The number of carbonyl (C=O) groups is 1. The van der Waals surface area contributed by atoms with Gasteiger partial charge >= 0.3 is 0 Å². The Morgan fingerprint density at radius 1 is 1.27 bits per heavy atom. The molecule has 0 bridgehead atoms. The zero-order valence-corrected chi connectivity index (χ0v) is 10.6. The van der Waals surface area contributed by atoms with Gasteiger partial charge in [0, 0.05) is 10.4 Å². The minimum atomic E-state index is 0.0563. The summed E-state index contributed by atoms with van der Waals surface area (Å²) in [5.74, 6) is 0.0563. The minimum Gasteiger partial charge on any atom is -0.294 e. The smallest absolute Gasteiger partial charge is 0.170 e. The van der Waals surface area contributed by atoms with Crippen LogP contribution in [0.3, 0.4) is 0 Å². The molecule has 0 radical (unpaired) electrons. The highest BCUT2D eigenvalue weighted by molar-refractivity contribution is 7.21. The maximum absolute atomic E-state index is 11.4. The lowest BCUT2D eigenvalue weighted by molar-refractivity contribution is 0.102. The number of fused-ring (bicyclic) bond motifs is 1. The van der Waals surface area contributed by atoms with Crippen LogP contribution in [0.25, 0.3) is 10.1 Å². The molecule has 0 amide bonds. The average molecular weight is 259 g/mol. The summed E-state index contributed by atoms with van der Waals surface area (Å²) in [6, 6.07) is 3.52. The molecule has 2 aromatic rings. The largest absolute Gasteiger partial charge is 0.294 e. The molecule has 1 aromatic heterocycles. The fraction of sp³-hybridized carbons (Fsp3) is 0.182. The van der Waals surface area contributed by atoms with E-state index in [4.69, 9.17) is 23.2 Å². The summed E-state index contributed by atoms with van der Waals surface area (Å²) in [5.41, 5.74) is 0.926. The third-order valence-corrected chi connectivity index (χ3v) is 4.47. The summed E-state index contributed by atoms with van der Waals surface area (Å²) in [5, 5.41) is 2.20. The molecule has 78 valence electrons. The van der Waals surface area contributed by atoms with Gasteiger partial charge in [-0.15, -0.1) is 11.3 Å². The van der Waals surface area contributed by atoms with Crippen molar-refractivity contribution in [3.8, 4) is 0 Å². The van der Waals surface area contributed by atoms with Gasteiger partial charge in [0.2, 0.25) is 0 Å². The van der Waals surface area contributed by atoms with E-state index in [2.05, 4.69) is 0 Å². The molecule has 0 aliphatic heterocycles. The summed E-state index contributed by atoms with van der Waals surface area (Å²) in [6.45, 7) is 3.46. The minimum absolute atomic E-state index is 0.0563. The second kappa shape index (κ2) is 3.78. The summed E-state index contributed by atoms with van der Waals surface area (Å²) in [7, 11) is 0. The predicted octanol–water partition coefficient (Wildman–Crippen LogP) is 4.72. The zero-order chi connectivity index (χ0) is 11.2. The van der Waals surface area contributed by atoms with Crippen molar-refractivity contribution >= 4 is 50.4 Å². The number of halogens is 2. The quantitative estimate of drug-likeness (QED) is 0.677. The van der Waals surface area contributed by atoms with Gasteiger partial charge in [-0.3, -0.25) is 4.79 Å². The highest BCUT2D eigenvalue weighted by Crippen LogP contribution is 2.39. The summed E-state index contributed by atoms with van der Waals surface area (Å²) in [6.07, 6.45) is 0. The van der Waals surface area contributed by atoms with Gasteiger partial charge in [0.05, 0.1) is 14.6 Å². The number of ketones is 1. The van der Waals surface area contributed by atoms with E-state index in [0.29, 0.717) is 10.0 Å². The standard InChI is InChI=1S/C11H8Cl2OS/c1-5-9-7(12)3-4-8(13)11(9)15-10(5)6(2)14/h3-4H,1-2H3. The Kier molecular flexibility index (Phi) is 2.75. The topological polar surface area (TPSA) is 17.1 Å². The molecule has 0 N–H and O–H groups in total. The first-order valence-corrected chi connectivity index (χ1v) is 5.97. The molecular formula is C11H8Cl2OS. The molecular weight excluding hydrogens is 251 g/mol. The normalized spacial score (nSPS) is 10.9. The molecule has 1 heterocycles. The number of hydrogen-bond acceptors (Lipinski definition) is 2. The lowest BCUT2D eigenvalue weighted by atomic mass is 10.1. The van der Waals surface area contributed by atoms with Gasteiger partial charge in [0.25, 0.3) is 0 Å². The van der Waals surface area contributed by atoms with Gasteiger partial charge in [0.15, 0.2) is 5.78 Å². The molecule has 0 atom stereocenters. The van der Waals surface area contributed by atoms with E-state index in [0.717, 1.165) is 20.5 Å². The van der Waals surface area contributed by atoms with Crippen molar-refractivity contribution in [3.05, 3.63) is 32.6 Å². The van der Waals surface area contributed by atoms with Crippen LogP contribution in [0, 0.1) is 6.92 Å². The van der Waals surface area contributed by atoms with E-state index in [1.807, 2.05) is 6.92 Å². The Hall–Kier alpha value is -0.570. The van der Waals surface area contributed by atoms with Crippen molar-refractivity contribution in [2.75, 3.05) is 0 Å². The van der Waals surface area contributed by atoms with Crippen molar-refractivity contribution in [3.63, 3.8) is 0 Å². The second-order valence-electron chi connectivity index (χ2n) is 3.35. The van der Waals surface area contributed by atoms with Crippen LogP contribution in [-0.4, -0.2) is 5.78 Å². The fourth-order valence-electron chi connectivity index (χ4n) is 1.61. The molecule has 0 spiro atoms. The number of aryl methyl sites for hydroxylation is 1. The third kappa shape index (κ3) is 1.67. The van der Waals surface area contributed by atoms with Gasteiger partial charge in [-0.1, -0.05) is 23.2 Å². The molecule has 0 aliphatic rings. The second-order valence-corrected chi connectivity index (χ2v) is 5.18. The van der Waals surface area contributed by atoms with Gasteiger partial charge in [-0.05, 0) is 31.5 Å². The van der Waals surface area contributed by atoms with Crippen LogP contribution in [0.4, 0.5) is 0 Å². The number of benzene rings is 1. The van der Waals surface area contributed by atoms with Gasteiger partial charge in [0.1, 0.15) is 0 Å². The summed E-state index contributed by atoms with van der Waals surface area (Å²) >= 11 is 13.6. The van der Waals surface area contributed by atoms with Crippen molar-refractivity contribution in [2.45, 2.75) is 13.8 Å². The van der Waals surface area contributed by atoms with E-state index >= 15 is 0 Å². The first kappa shape index (κ1) is 10.9. The van der Waals surface area contributed by atoms with E-state index < -0.39 is 0 Å². The molecule has 4 heteroatoms. The SMILES string of the molecule is CC(=O)c1sc2c(Cl)ccc(Cl)c2c1C. The molecule has 0 saturated carbocycles. The number of Topliss-reactive ketones (excluding diaryl/α,β-unsaturated/α-hetero) is 1. The maximum atomic E-state index is 11.4. The van der Waals surface area contributed by atoms with Crippen molar-refractivity contribution in [1.82, 2.24) is 0 Å². The molecule has 2 rings (SSSR count). The monoisotopic (exact) mass is 258 g/mol. The van der Waals surface area contributed by atoms with Crippen LogP contribution in [0.15, 0.2) is 12.1 Å².